The second kappa shape index (κ2) is 4.33. The first kappa shape index (κ1) is 11.6. The summed E-state index contributed by atoms with van der Waals surface area (Å²) in [6.07, 6.45) is 11.6. The van der Waals surface area contributed by atoms with E-state index in [4.69, 9.17) is 5.84 Å². The minimum atomic E-state index is -0.460. The van der Waals surface area contributed by atoms with E-state index < -0.39 is 5.41 Å². The molecule has 1 amide bonds. The predicted molar refractivity (Wildman–Crippen MR) is 74.6 cm³/mol. The normalized spacial score (nSPS) is 23.1. The molecule has 3 rings (SSSR count). The number of fused-ring (bicyclic) bond motifs is 1. The van der Waals surface area contributed by atoms with E-state index in [0.29, 0.717) is 5.56 Å². The van der Waals surface area contributed by atoms with Crippen LogP contribution in [0.4, 0.5) is 0 Å². The fourth-order valence-corrected chi connectivity index (χ4v) is 2.54. The van der Waals surface area contributed by atoms with E-state index in [2.05, 4.69) is 10.4 Å². The summed E-state index contributed by atoms with van der Waals surface area (Å²) in [6.45, 7) is 0. The fraction of sp³-hybridized carbons (Fsp3) is 0.0667. The van der Waals surface area contributed by atoms with E-state index in [1.165, 1.54) is 0 Å². The molecular formula is C15H13N3O. The van der Waals surface area contributed by atoms with Gasteiger partial charge >= 0.3 is 0 Å². The van der Waals surface area contributed by atoms with Crippen molar-refractivity contribution in [1.29, 1.82) is 0 Å². The van der Waals surface area contributed by atoms with E-state index in [1.54, 1.807) is 6.07 Å². The van der Waals surface area contributed by atoms with Gasteiger partial charge in [0.2, 0.25) is 0 Å². The van der Waals surface area contributed by atoms with Gasteiger partial charge in [-0.3, -0.25) is 15.2 Å². The highest BCUT2D eigenvalue weighted by atomic mass is 16.2. The van der Waals surface area contributed by atoms with Crippen molar-refractivity contribution in [3.05, 3.63) is 71.5 Å². The second-order valence-corrected chi connectivity index (χ2v) is 4.47. The number of hydrazine groups is 1. The molecule has 1 aliphatic carbocycles. The highest BCUT2D eigenvalue weighted by Gasteiger charge is 2.37. The van der Waals surface area contributed by atoms with Gasteiger partial charge in [0.25, 0.3) is 5.91 Å². The number of nitrogen functional groups attached to an aromatic ring is 1. The second-order valence-electron chi connectivity index (χ2n) is 4.47. The maximum absolute atomic E-state index is 11.9. The van der Waals surface area contributed by atoms with Gasteiger partial charge in [-0.15, -0.1) is 0 Å². The molecular weight excluding hydrogens is 238 g/mol. The van der Waals surface area contributed by atoms with Crippen LogP contribution in [0.3, 0.4) is 0 Å². The summed E-state index contributed by atoms with van der Waals surface area (Å²) >= 11 is 0. The van der Waals surface area contributed by atoms with Gasteiger partial charge in [-0.05, 0) is 17.2 Å². The van der Waals surface area contributed by atoms with Gasteiger partial charge < -0.3 is 0 Å². The zero-order chi connectivity index (χ0) is 13.3. The molecule has 1 atom stereocenters. The van der Waals surface area contributed by atoms with Crippen molar-refractivity contribution in [3.63, 3.8) is 0 Å². The summed E-state index contributed by atoms with van der Waals surface area (Å²) in [5.74, 6) is 4.96. The molecule has 1 aromatic rings. The number of nitrogens with one attached hydrogen (secondary N) is 1. The Bertz CT molecular complexity index is 655. The minimum absolute atomic E-state index is 0.299. The molecule has 1 aliphatic heterocycles. The maximum Gasteiger partial charge on any atom is 0.265 e. The third-order valence-corrected chi connectivity index (χ3v) is 3.46. The molecule has 2 aliphatic rings. The van der Waals surface area contributed by atoms with Crippen LogP contribution in [0.1, 0.15) is 15.9 Å². The number of hydrogen-bond acceptors (Lipinski definition) is 3. The molecule has 3 N–H and O–H groups in total. The minimum Gasteiger partial charge on any atom is -0.290 e. The first-order valence-electron chi connectivity index (χ1n) is 5.99. The number of nitrogens with zero attached hydrogens (tertiary/aromatic N) is 1. The van der Waals surface area contributed by atoms with Crippen molar-refractivity contribution in [2.45, 2.75) is 5.41 Å². The number of amides is 1. The molecule has 0 aromatic heterocycles. The van der Waals surface area contributed by atoms with Crippen molar-refractivity contribution in [1.82, 2.24) is 5.43 Å². The van der Waals surface area contributed by atoms with Gasteiger partial charge in [0, 0.05) is 18.0 Å². The molecule has 1 aromatic carbocycles. The molecule has 0 saturated carbocycles. The quantitative estimate of drug-likeness (QED) is 0.476. The number of carbonyl (C=O) groups is 1. The summed E-state index contributed by atoms with van der Waals surface area (Å²) in [5, 5.41) is 0. The molecule has 0 fully saturated rings. The van der Waals surface area contributed by atoms with Crippen LogP contribution in [0.5, 0.6) is 0 Å². The van der Waals surface area contributed by atoms with E-state index in [9.17, 15) is 4.79 Å². The zero-order valence-electron chi connectivity index (χ0n) is 10.2. The maximum atomic E-state index is 11.9. The van der Waals surface area contributed by atoms with Crippen LogP contribution in [-0.4, -0.2) is 12.1 Å². The highest BCUT2D eigenvalue weighted by Crippen LogP contribution is 2.39. The molecule has 0 radical (unpaired) electrons. The third-order valence-electron chi connectivity index (χ3n) is 3.46. The molecule has 0 spiro atoms. The Morgan fingerprint density at radius 1 is 1.26 bits per heavy atom. The lowest BCUT2D eigenvalue weighted by Gasteiger charge is -2.29. The Morgan fingerprint density at radius 2 is 2.11 bits per heavy atom. The van der Waals surface area contributed by atoms with Crippen LogP contribution in [-0.2, 0) is 5.41 Å². The van der Waals surface area contributed by atoms with Gasteiger partial charge in [0.1, 0.15) is 0 Å². The number of hydrogen-bond donors (Lipinski definition) is 2. The van der Waals surface area contributed by atoms with Crippen molar-refractivity contribution >= 4 is 12.1 Å². The van der Waals surface area contributed by atoms with Gasteiger partial charge in [-0.1, -0.05) is 42.5 Å². The number of carbonyl (C=O) groups excluding carboxylic acids is 1. The van der Waals surface area contributed by atoms with E-state index in [-0.39, 0.29) is 5.91 Å². The Kier molecular flexibility index (Phi) is 2.65. The molecule has 1 heterocycles. The van der Waals surface area contributed by atoms with Gasteiger partial charge in [0.15, 0.2) is 0 Å². The Morgan fingerprint density at radius 3 is 2.95 bits per heavy atom. The molecule has 4 heteroatoms. The first-order chi connectivity index (χ1) is 9.28. The third kappa shape index (κ3) is 1.65. The van der Waals surface area contributed by atoms with E-state index >= 15 is 0 Å². The summed E-state index contributed by atoms with van der Waals surface area (Å²) < 4.78 is 0. The van der Waals surface area contributed by atoms with Crippen LogP contribution in [0.2, 0.25) is 0 Å². The lowest BCUT2D eigenvalue weighted by molar-refractivity contribution is 0.0952. The van der Waals surface area contributed by atoms with Gasteiger partial charge in [-0.2, -0.15) is 0 Å². The fourth-order valence-electron chi connectivity index (χ4n) is 2.54. The van der Waals surface area contributed by atoms with Gasteiger partial charge in [0.05, 0.1) is 5.41 Å². The predicted octanol–water partition coefficient (Wildman–Crippen LogP) is 1.62. The molecule has 0 bridgehead atoms. The van der Waals surface area contributed by atoms with Crippen LogP contribution in [0.15, 0.2) is 65.3 Å². The molecule has 94 valence electrons. The number of allylic oxidation sites excluding steroid dienone is 5. The molecule has 0 saturated heterocycles. The van der Waals surface area contributed by atoms with Crippen molar-refractivity contribution in [3.8, 4) is 0 Å². The van der Waals surface area contributed by atoms with Crippen LogP contribution in [0.25, 0.3) is 0 Å². The van der Waals surface area contributed by atoms with E-state index in [1.807, 2.05) is 54.9 Å². The standard InChI is InChI=1S/C15H13N3O/c16-18-14(19)12-6-1-2-7-13(12)15-8-4-3-5-11(15)9-17-10-15/h1-10H,16H2,(H,18,19). The van der Waals surface area contributed by atoms with Crippen molar-refractivity contribution in [2.24, 2.45) is 10.8 Å². The zero-order valence-corrected chi connectivity index (χ0v) is 10.2. The summed E-state index contributed by atoms with van der Waals surface area (Å²) in [4.78, 5) is 16.2. The SMILES string of the molecule is NNC(=O)c1ccccc1C12C=CC=CC1=CN=C2. The summed E-state index contributed by atoms with van der Waals surface area (Å²) in [6, 6.07) is 7.43. The Labute approximate surface area is 111 Å². The average Bonchev–Trinajstić information content (AvgIpc) is 2.91. The number of benzene rings is 1. The van der Waals surface area contributed by atoms with Crippen LogP contribution >= 0.6 is 0 Å². The summed E-state index contributed by atoms with van der Waals surface area (Å²) in [7, 11) is 0. The Balaban J connectivity index is 2.20. The number of nitrogens with two attached hydrogens (primary N) is 1. The number of rotatable bonds is 2. The summed E-state index contributed by atoms with van der Waals surface area (Å²) in [5.41, 5.74) is 4.22. The van der Waals surface area contributed by atoms with Gasteiger partial charge in [-0.25, -0.2) is 5.84 Å². The highest BCUT2D eigenvalue weighted by molar-refractivity contribution is 5.99. The lowest BCUT2D eigenvalue weighted by Crippen LogP contribution is -2.35. The van der Waals surface area contributed by atoms with Crippen molar-refractivity contribution < 1.29 is 4.79 Å². The average molecular weight is 251 g/mol. The van der Waals surface area contributed by atoms with Crippen LogP contribution in [0, 0.1) is 0 Å². The lowest BCUT2D eigenvalue weighted by atomic mass is 9.72. The van der Waals surface area contributed by atoms with E-state index in [0.717, 1.165) is 11.1 Å². The number of aliphatic imine (C=N–C) groups is 1. The van der Waals surface area contributed by atoms with Crippen molar-refractivity contribution in [2.75, 3.05) is 0 Å². The smallest absolute Gasteiger partial charge is 0.265 e. The Hall–Kier alpha value is -2.46. The molecule has 4 nitrogen and oxygen atoms in total. The molecule has 19 heavy (non-hydrogen) atoms. The first-order valence-corrected chi connectivity index (χ1v) is 5.99. The van der Waals surface area contributed by atoms with Crippen LogP contribution < -0.4 is 11.3 Å². The molecule has 1 unspecified atom stereocenters. The monoisotopic (exact) mass is 251 g/mol. The topological polar surface area (TPSA) is 67.5 Å². The largest absolute Gasteiger partial charge is 0.290 e.